The van der Waals surface area contributed by atoms with Crippen LogP contribution in [-0.2, 0) is 9.59 Å². The van der Waals surface area contributed by atoms with Gasteiger partial charge in [0, 0.05) is 11.4 Å². The topological polar surface area (TPSA) is 58.2 Å². The molecule has 0 radical (unpaired) electrons. The Bertz CT molecular complexity index is 900. The molecule has 0 spiro atoms. The average molecular weight is 447 g/mol. The fourth-order valence-corrected chi connectivity index (χ4v) is 10.1. The lowest BCUT2D eigenvalue weighted by Gasteiger charge is -2.55. The maximum absolute atomic E-state index is 13.5. The molecule has 0 aliphatic heterocycles. The first kappa shape index (κ1) is 20.5. The van der Waals surface area contributed by atoms with Crippen LogP contribution >= 0.6 is 0 Å². The second-order valence-electron chi connectivity index (χ2n) is 13.2. The quantitative estimate of drug-likeness (QED) is 0.609. The molecule has 2 N–H and O–H groups in total. The van der Waals surface area contributed by atoms with Crippen molar-refractivity contribution in [2.75, 3.05) is 0 Å². The van der Waals surface area contributed by atoms with Crippen molar-refractivity contribution in [2.45, 2.75) is 83.5 Å². The Morgan fingerprint density at radius 2 is 1.03 bits per heavy atom. The summed E-state index contributed by atoms with van der Waals surface area (Å²) in [5.41, 5.74) is 1.40. The first-order valence-electron chi connectivity index (χ1n) is 13.7. The molecule has 33 heavy (non-hydrogen) atoms. The first-order chi connectivity index (χ1) is 16.0. The normalized spacial score (nSPS) is 46.5. The van der Waals surface area contributed by atoms with Crippen LogP contribution in [0.25, 0.3) is 0 Å². The van der Waals surface area contributed by atoms with Gasteiger partial charge in [-0.1, -0.05) is 12.2 Å². The third-order valence-electron chi connectivity index (χ3n) is 10.6. The van der Waals surface area contributed by atoms with Gasteiger partial charge in [0.15, 0.2) is 0 Å². The van der Waals surface area contributed by atoms with Crippen LogP contribution in [0.1, 0.15) is 83.5 Å². The second-order valence-corrected chi connectivity index (χ2v) is 13.2. The summed E-state index contributed by atoms with van der Waals surface area (Å²) in [4.78, 5) is 27.1. The third-order valence-corrected chi connectivity index (χ3v) is 10.6. The van der Waals surface area contributed by atoms with Crippen molar-refractivity contribution in [1.29, 1.82) is 0 Å². The summed E-state index contributed by atoms with van der Waals surface area (Å²) < 4.78 is 0. The Kier molecular flexibility index (Phi) is 4.56. The van der Waals surface area contributed by atoms with Gasteiger partial charge in [0.1, 0.15) is 0 Å². The lowest BCUT2D eigenvalue weighted by Crippen LogP contribution is -2.53. The van der Waals surface area contributed by atoms with Gasteiger partial charge in [0.2, 0.25) is 11.8 Å². The monoisotopic (exact) mass is 446 g/mol. The Morgan fingerprint density at radius 1 is 0.636 bits per heavy atom. The molecule has 0 aromatic carbocycles. The van der Waals surface area contributed by atoms with E-state index in [0.717, 1.165) is 91.8 Å². The van der Waals surface area contributed by atoms with E-state index in [0.29, 0.717) is 0 Å². The molecule has 0 unspecified atom stereocenters. The van der Waals surface area contributed by atoms with Crippen LogP contribution in [0.2, 0.25) is 0 Å². The summed E-state index contributed by atoms with van der Waals surface area (Å²) >= 11 is 0. The SMILES string of the molecule is O=C(NC1=CCC=CC(NC(=O)C23CC4CC(CC(C4)C2)C3)=C1)C12CC3CC(CC(C3)C1)C2. The molecule has 8 saturated carbocycles. The lowest BCUT2D eigenvalue weighted by atomic mass is 9.49. The Hall–Kier alpha value is -1.84. The number of hydrogen-bond donors (Lipinski definition) is 2. The van der Waals surface area contributed by atoms with Crippen molar-refractivity contribution in [3.8, 4) is 0 Å². The van der Waals surface area contributed by atoms with Crippen molar-refractivity contribution in [1.82, 2.24) is 10.6 Å². The smallest absolute Gasteiger partial charge is 0.230 e. The number of hydrogen-bond acceptors (Lipinski definition) is 2. The highest BCUT2D eigenvalue weighted by molar-refractivity contribution is 5.86. The van der Waals surface area contributed by atoms with E-state index >= 15 is 0 Å². The molecule has 4 nitrogen and oxygen atoms in total. The molecular weight excluding hydrogens is 408 g/mol. The van der Waals surface area contributed by atoms with E-state index < -0.39 is 0 Å². The number of allylic oxidation sites excluding steroid dienone is 4. The Balaban J connectivity index is 1.06. The van der Waals surface area contributed by atoms with E-state index in [-0.39, 0.29) is 22.6 Å². The molecule has 0 saturated heterocycles. The molecule has 0 aromatic heterocycles. The van der Waals surface area contributed by atoms with Gasteiger partial charge in [0.05, 0.1) is 10.8 Å². The highest BCUT2D eigenvalue weighted by Crippen LogP contribution is 2.61. The van der Waals surface area contributed by atoms with Crippen LogP contribution in [0, 0.1) is 46.3 Å². The molecule has 8 fully saturated rings. The van der Waals surface area contributed by atoms with Crippen LogP contribution in [0.15, 0.2) is 35.7 Å². The summed E-state index contributed by atoms with van der Waals surface area (Å²) in [6, 6.07) is 0. The number of amides is 2. The molecule has 2 amide bonds. The number of rotatable bonds is 4. The van der Waals surface area contributed by atoms with Crippen LogP contribution in [0.3, 0.4) is 0 Å². The number of nitrogens with one attached hydrogen (secondary N) is 2. The zero-order valence-corrected chi connectivity index (χ0v) is 19.8. The summed E-state index contributed by atoms with van der Waals surface area (Å²) in [5, 5.41) is 6.61. The minimum Gasteiger partial charge on any atom is -0.326 e. The molecule has 0 aromatic rings. The van der Waals surface area contributed by atoms with Gasteiger partial charge in [-0.2, -0.15) is 0 Å². The predicted octanol–water partition coefficient (Wildman–Crippen LogP) is 5.38. The highest BCUT2D eigenvalue weighted by atomic mass is 16.2. The van der Waals surface area contributed by atoms with Gasteiger partial charge in [-0.15, -0.1) is 0 Å². The van der Waals surface area contributed by atoms with Gasteiger partial charge in [-0.05, 0) is 131 Å². The molecule has 8 bridgehead atoms. The van der Waals surface area contributed by atoms with Crippen molar-refractivity contribution in [3.63, 3.8) is 0 Å². The van der Waals surface area contributed by atoms with Gasteiger partial charge in [-0.3, -0.25) is 9.59 Å². The van der Waals surface area contributed by atoms with Gasteiger partial charge in [-0.25, -0.2) is 0 Å². The van der Waals surface area contributed by atoms with Crippen LogP contribution < -0.4 is 10.6 Å². The van der Waals surface area contributed by atoms with E-state index in [9.17, 15) is 9.59 Å². The minimum atomic E-state index is -0.151. The predicted molar refractivity (Wildman–Crippen MR) is 127 cm³/mol. The molecule has 9 aliphatic rings. The van der Waals surface area contributed by atoms with Crippen LogP contribution in [0.5, 0.6) is 0 Å². The fraction of sp³-hybridized carbons (Fsp3) is 0.724. The van der Waals surface area contributed by atoms with Crippen molar-refractivity contribution >= 4 is 11.8 Å². The minimum absolute atomic E-state index is 0.147. The molecule has 4 heteroatoms. The molecular formula is C29H38N2O2. The van der Waals surface area contributed by atoms with Crippen molar-refractivity contribution in [3.05, 3.63) is 35.7 Å². The molecule has 0 heterocycles. The molecule has 0 atom stereocenters. The Labute approximate surface area is 197 Å². The van der Waals surface area contributed by atoms with Crippen molar-refractivity contribution in [2.24, 2.45) is 46.3 Å². The molecule has 9 rings (SSSR count). The highest BCUT2D eigenvalue weighted by Gasteiger charge is 2.55. The average Bonchev–Trinajstić information content (AvgIpc) is 2.96. The van der Waals surface area contributed by atoms with E-state index in [2.05, 4.69) is 22.8 Å². The van der Waals surface area contributed by atoms with E-state index in [4.69, 9.17) is 0 Å². The van der Waals surface area contributed by atoms with E-state index in [1.807, 2.05) is 12.2 Å². The van der Waals surface area contributed by atoms with E-state index in [1.165, 1.54) is 38.5 Å². The van der Waals surface area contributed by atoms with Gasteiger partial charge < -0.3 is 10.6 Å². The maximum atomic E-state index is 13.5. The zero-order valence-electron chi connectivity index (χ0n) is 19.8. The summed E-state index contributed by atoms with van der Waals surface area (Å²) in [7, 11) is 0. The summed E-state index contributed by atoms with van der Waals surface area (Å²) in [5.74, 6) is 5.03. The summed E-state index contributed by atoms with van der Waals surface area (Å²) in [6.07, 6.45) is 23.5. The van der Waals surface area contributed by atoms with Crippen LogP contribution in [-0.4, -0.2) is 11.8 Å². The second kappa shape index (κ2) is 7.33. The lowest BCUT2D eigenvalue weighted by molar-refractivity contribution is -0.145. The van der Waals surface area contributed by atoms with E-state index in [1.54, 1.807) is 0 Å². The largest absolute Gasteiger partial charge is 0.326 e. The first-order valence-corrected chi connectivity index (χ1v) is 13.7. The standard InChI is InChI=1S/C29H38N2O2/c32-26(28-12-18-5-19(13-28)7-20(6-18)14-28)30-24-3-1-2-4-25(11-24)31-27(33)29-15-21-8-22(16-29)10-23(9-21)17-29/h1,3-4,11,18-23H,2,5-10,12-17H2,(H,30,32)(H,31,33). The van der Waals surface area contributed by atoms with Gasteiger partial charge >= 0.3 is 0 Å². The fourth-order valence-electron chi connectivity index (χ4n) is 10.1. The van der Waals surface area contributed by atoms with Crippen molar-refractivity contribution < 1.29 is 9.59 Å². The maximum Gasteiger partial charge on any atom is 0.230 e. The zero-order chi connectivity index (χ0) is 22.2. The molecule has 176 valence electrons. The summed E-state index contributed by atoms with van der Waals surface area (Å²) in [6.45, 7) is 0. The third kappa shape index (κ3) is 3.46. The number of carbonyl (C=O) groups excluding carboxylic acids is 2. The van der Waals surface area contributed by atoms with Crippen LogP contribution in [0.4, 0.5) is 0 Å². The molecule has 9 aliphatic carbocycles. The Morgan fingerprint density at radius 3 is 1.45 bits per heavy atom. The number of carbonyl (C=O) groups is 2. The van der Waals surface area contributed by atoms with Gasteiger partial charge in [0.25, 0.3) is 0 Å².